The van der Waals surface area contributed by atoms with Crippen LogP contribution >= 0.6 is 11.6 Å². The van der Waals surface area contributed by atoms with Gasteiger partial charge in [0.15, 0.2) is 5.82 Å². The Kier molecular flexibility index (Phi) is 5.71. The van der Waals surface area contributed by atoms with E-state index in [1.54, 1.807) is 0 Å². The number of carbonyl (C=O) groups excluding carboxylic acids is 1. The molecule has 0 bridgehead atoms. The highest BCUT2D eigenvalue weighted by Gasteiger charge is 2.23. The second-order valence-electron chi connectivity index (χ2n) is 6.63. The Morgan fingerprint density at radius 2 is 1.96 bits per heavy atom. The Labute approximate surface area is 152 Å². The van der Waals surface area contributed by atoms with Crippen molar-refractivity contribution in [3.05, 3.63) is 46.6 Å². The number of benzene rings is 1. The Balaban J connectivity index is 1.49. The minimum Gasteiger partial charge on any atom is -0.340 e. The van der Waals surface area contributed by atoms with Gasteiger partial charge in [-0.1, -0.05) is 48.8 Å². The molecule has 0 spiro atoms. The molecule has 0 aliphatic carbocycles. The number of amides is 1. The molecule has 2 heterocycles. The first-order chi connectivity index (χ1) is 12.0. The summed E-state index contributed by atoms with van der Waals surface area (Å²) in [6.45, 7) is 7.74. The molecule has 1 aromatic heterocycles. The summed E-state index contributed by atoms with van der Waals surface area (Å²) in [5.74, 6) is 1.73. The number of aromatic nitrogens is 2. The van der Waals surface area contributed by atoms with E-state index in [1.165, 1.54) is 0 Å². The van der Waals surface area contributed by atoms with Gasteiger partial charge in [0.05, 0.1) is 13.0 Å². The van der Waals surface area contributed by atoms with Crippen LogP contribution in [0.5, 0.6) is 0 Å². The van der Waals surface area contributed by atoms with E-state index in [0.717, 1.165) is 18.7 Å². The van der Waals surface area contributed by atoms with Gasteiger partial charge < -0.3 is 9.42 Å². The number of piperazine rings is 1. The summed E-state index contributed by atoms with van der Waals surface area (Å²) in [5.41, 5.74) is 0.879. The van der Waals surface area contributed by atoms with E-state index in [2.05, 4.69) is 15.0 Å². The van der Waals surface area contributed by atoms with Crippen LogP contribution in [0.25, 0.3) is 0 Å². The lowest BCUT2D eigenvalue weighted by atomic mass is 10.1. The van der Waals surface area contributed by atoms with E-state index in [4.69, 9.17) is 16.1 Å². The zero-order valence-electron chi connectivity index (χ0n) is 14.6. The van der Waals surface area contributed by atoms with E-state index in [-0.39, 0.29) is 11.8 Å². The molecule has 7 heteroatoms. The fourth-order valence-electron chi connectivity index (χ4n) is 2.84. The van der Waals surface area contributed by atoms with Crippen molar-refractivity contribution in [2.75, 3.05) is 26.2 Å². The van der Waals surface area contributed by atoms with Crippen molar-refractivity contribution >= 4 is 17.5 Å². The van der Waals surface area contributed by atoms with Crippen molar-refractivity contribution < 1.29 is 9.32 Å². The van der Waals surface area contributed by atoms with Crippen molar-refractivity contribution in [2.45, 2.75) is 32.7 Å². The SMILES string of the molecule is CC(C)c1nc(CN2CCN(C(=O)Cc3ccccc3Cl)CC2)no1. The molecular weight excluding hydrogens is 340 g/mol. The van der Waals surface area contributed by atoms with Gasteiger partial charge >= 0.3 is 0 Å². The lowest BCUT2D eigenvalue weighted by molar-refractivity contribution is -0.132. The van der Waals surface area contributed by atoms with Gasteiger partial charge in [-0.25, -0.2) is 0 Å². The molecule has 3 rings (SSSR count). The highest BCUT2D eigenvalue weighted by atomic mass is 35.5. The van der Waals surface area contributed by atoms with E-state index in [0.29, 0.717) is 42.8 Å². The van der Waals surface area contributed by atoms with Crippen LogP contribution in [0.2, 0.25) is 5.02 Å². The third kappa shape index (κ3) is 4.58. The fourth-order valence-corrected chi connectivity index (χ4v) is 3.04. The summed E-state index contributed by atoms with van der Waals surface area (Å²) in [6, 6.07) is 7.50. The first-order valence-electron chi connectivity index (χ1n) is 8.59. The molecule has 1 aliphatic rings. The molecule has 0 radical (unpaired) electrons. The van der Waals surface area contributed by atoms with E-state index in [9.17, 15) is 4.79 Å². The summed E-state index contributed by atoms with van der Waals surface area (Å²) >= 11 is 6.14. The molecular formula is C18H23ClN4O2. The molecule has 134 valence electrons. The molecule has 0 atom stereocenters. The molecule has 1 fully saturated rings. The molecule has 1 aromatic carbocycles. The average Bonchev–Trinajstić information content (AvgIpc) is 3.06. The molecule has 1 saturated heterocycles. The van der Waals surface area contributed by atoms with Gasteiger partial charge in [-0.15, -0.1) is 0 Å². The van der Waals surface area contributed by atoms with Crippen LogP contribution in [0.4, 0.5) is 0 Å². The van der Waals surface area contributed by atoms with Crippen molar-refractivity contribution in [3.63, 3.8) is 0 Å². The monoisotopic (exact) mass is 362 g/mol. The number of carbonyl (C=O) groups is 1. The smallest absolute Gasteiger partial charge is 0.229 e. The van der Waals surface area contributed by atoms with Gasteiger partial charge in [0.1, 0.15) is 0 Å². The maximum atomic E-state index is 12.5. The normalized spacial score (nSPS) is 15.8. The van der Waals surface area contributed by atoms with Crippen molar-refractivity contribution in [1.29, 1.82) is 0 Å². The molecule has 25 heavy (non-hydrogen) atoms. The molecule has 6 nitrogen and oxygen atoms in total. The van der Waals surface area contributed by atoms with E-state index < -0.39 is 0 Å². The molecule has 2 aromatic rings. The highest BCUT2D eigenvalue weighted by Crippen LogP contribution is 2.17. The number of halogens is 1. The van der Waals surface area contributed by atoms with Crippen LogP contribution in [0.15, 0.2) is 28.8 Å². The summed E-state index contributed by atoms with van der Waals surface area (Å²) in [5, 5.41) is 4.67. The molecule has 0 saturated carbocycles. The van der Waals surface area contributed by atoms with Crippen LogP contribution in [0.3, 0.4) is 0 Å². The Hall–Kier alpha value is -1.92. The highest BCUT2D eigenvalue weighted by molar-refractivity contribution is 6.31. The maximum absolute atomic E-state index is 12.5. The molecule has 0 N–H and O–H groups in total. The van der Waals surface area contributed by atoms with Crippen LogP contribution in [0, 0.1) is 0 Å². The second kappa shape index (κ2) is 7.97. The summed E-state index contributed by atoms with van der Waals surface area (Å²) in [7, 11) is 0. The zero-order chi connectivity index (χ0) is 17.8. The quantitative estimate of drug-likeness (QED) is 0.818. The maximum Gasteiger partial charge on any atom is 0.229 e. The Morgan fingerprint density at radius 1 is 1.24 bits per heavy atom. The van der Waals surface area contributed by atoms with Crippen LogP contribution in [0.1, 0.15) is 37.0 Å². The van der Waals surface area contributed by atoms with Gasteiger partial charge in [-0.3, -0.25) is 9.69 Å². The Morgan fingerprint density at radius 3 is 2.60 bits per heavy atom. The first kappa shape index (κ1) is 17.9. The third-order valence-electron chi connectivity index (χ3n) is 4.37. The summed E-state index contributed by atoms with van der Waals surface area (Å²) in [4.78, 5) is 21.0. The van der Waals surface area contributed by atoms with Crippen LogP contribution < -0.4 is 0 Å². The minimum atomic E-state index is 0.120. The standard InChI is InChI=1S/C18H23ClN4O2/c1-13(2)18-20-16(21-25-18)12-22-7-9-23(10-8-22)17(24)11-14-5-3-4-6-15(14)19/h3-6,13H,7-12H2,1-2H3. The number of rotatable bonds is 5. The lowest BCUT2D eigenvalue weighted by Crippen LogP contribution is -2.48. The molecule has 0 unspecified atom stereocenters. The van der Waals surface area contributed by atoms with Gasteiger partial charge in [-0.2, -0.15) is 4.98 Å². The Bertz CT molecular complexity index is 723. The van der Waals surface area contributed by atoms with E-state index in [1.807, 2.05) is 43.0 Å². The number of nitrogens with zero attached hydrogens (tertiary/aromatic N) is 4. The van der Waals surface area contributed by atoms with Crippen molar-refractivity contribution in [1.82, 2.24) is 19.9 Å². The average molecular weight is 363 g/mol. The largest absolute Gasteiger partial charge is 0.340 e. The molecule has 1 amide bonds. The van der Waals surface area contributed by atoms with Crippen LogP contribution in [-0.2, 0) is 17.8 Å². The number of hydrogen-bond donors (Lipinski definition) is 0. The third-order valence-corrected chi connectivity index (χ3v) is 4.74. The summed E-state index contributed by atoms with van der Waals surface area (Å²) < 4.78 is 5.24. The van der Waals surface area contributed by atoms with Gasteiger partial charge in [-0.05, 0) is 11.6 Å². The lowest BCUT2D eigenvalue weighted by Gasteiger charge is -2.34. The van der Waals surface area contributed by atoms with Gasteiger partial charge in [0, 0.05) is 37.1 Å². The molecule has 1 aliphatic heterocycles. The van der Waals surface area contributed by atoms with Gasteiger partial charge in [0.2, 0.25) is 11.8 Å². The van der Waals surface area contributed by atoms with Crippen LogP contribution in [-0.4, -0.2) is 52.0 Å². The minimum absolute atomic E-state index is 0.120. The predicted molar refractivity (Wildman–Crippen MR) is 95.4 cm³/mol. The first-order valence-corrected chi connectivity index (χ1v) is 8.96. The topological polar surface area (TPSA) is 62.5 Å². The summed E-state index contributed by atoms with van der Waals surface area (Å²) in [6.07, 6.45) is 0.349. The fraction of sp³-hybridized carbons (Fsp3) is 0.500. The van der Waals surface area contributed by atoms with Gasteiger partial charge in [0.25, 0.3) is 0 Å². The van der Waals surface area contributed by atoms with Crippen molar-refractivity contribution in [2.24, 2.45) is 0 Å². The van der Waals surface area contributed by atoms with E-state index >= 15 is 0 Å². The predicted octanol–water partition coefficient (Wildman–Crippen LogP) is 2.73. The zero-order valence-corrected chi connectivity index (χ0v) is 15.4. The van der Waals surface area contributed by atoms with Crippen molar-refractivity contribution in [3.8, 4) is 0 Å². The second-order valence-corrected chi connectivity index (χ2v) is 7.04. The number of hydrogen-bond acceptors (Lipinski definition) is 5.